The lowest BCUT2D eigenvalue weighted by molar-refractivity contribution is -0.0123. The fourth-order valence-corrected chi connectivity index (χ4v) is 8.05. The van der Waals surface area contributed by atoms with Crippen LogP contribution in [-0.2, 0) is 0 Å². The van der Waals surface area contributed by atoms with Gasteiger partial charge >= 0.3 is 0 Å². The molecule has 1 N–H and O–H groups in total. The van der Waals surface area contributed by atoms with Crippen molar-refractivity contribution in [1.29, 1.82) is 0 Å². The zero-order chi connectivity index (χ0) is 24.2. The van der Waals surface area contributed by atoms with Crippen molar-refractivity contribution in [3.05, 3.63) is 71.6 Å². The average molecular weight is 473 g/mol. The Morgan fingerprint density at radius 3 is 2.69 bits per heavy atom. The Hall–Kier alpha value is -2.89. The van der Waals surface area contributed by atoms with Gasteiger partial charge in [0.2, 0.25) is 0 Å². The molecule has 0 aromatic carbocycles. The normalized spacial score (nSPS) is 35.7. The number of allylic oxidation sites excluding steroid dienone is 3. The standard InChI is InChI=1S/C29H33FN4O/c1-28-10-7-22(34-27(35)18-9-12-32-33-16-18)14-20(28)3-4-23-25-6-5-24(19-13-21(30)17-31-15-19)29(25,2)11-8-26(23)28/h3,5,9,12-13,15-17,22-23,25-26H,4,6-8,10-11,14H2,1-2H3,(H,34,35)/t22-,23-,25-,26-,28-,29+/m0/s1. The highest BCUT2D eigenvalue weighted by Crippen LogP contribution is 2.66. The van der Waals surface area contributed by atoms with Gasteiger partial charge in [-0.1, -0.05) is 31.6 Å². The Morgan fingerprint density at radius 2 is 1.89 bits per heavy atom. The number of pyridine rings is 1. The summed E-state index contributed by atoms with van der Waals surface area (Å²) < 4.78 is 14.0. The molecular weight excluding hydrogens is 439 g/mol. The van der Waals surface area contributed by atoms with Gasteiger partial charge < -0.3 is 5.32 Å². The van der Waals surface area contributed by atoms with Gasteiger partial charge in [0.05, 0.1) is 24.2 Å². The molecule has 0 aliphatic heterocycles. The number of carbonyl (C=O) groups is 1. The van der Waals surface area contributed by atoms with E-state index in [0.717, 1.165) is 44.1 Å². The fourth-order valence-electron chi connectivity index (χ4n) is 8.05. The van der Waals surface area contributed by atoms with Crippen molar-refractivity contribution in [2.45, 2.75) is 64.8 Å². The Kier molecular flexibility index (Phi) is 5.39. The van der Waals surface area contributed by atoms with E-state index in [-0.39, 0.29) is 28.6 Å². The number of halogens is 1. The summed E-state index contributed by atoms with van der Waals surface area (Å²) in [5.74, 6) is 1.58. The van der Waals surface area contributed by atoms with Gasteiger partial charge in [-0.25, -0.2) is 4.39 Å². The second-order valence-electron chi connectivity index (χ2n) is 11.5. The van der Waals surface area contributed by atoms with Crippen molar-refractivity contribution in [2.75, 3.05) is 0 Å². The van der Waals surface area contributed by atoms with Crippen LogP contribution in [0.25, 0.3) is 5.57 Å². The third-order valence-electron chi connectivity index (χ3n) is 9.88. The number of hydrogen-bond donors (Lipinski definition) is 1. The van der Waals surface area contributed by atoms with Crippen molar-refractivity contribution in [3.63, 3.8) is 0 Å². The van der Waals surface area contributed by atoms with Crippen LogP contribution >= 0.6 is 0 Å². The zero-order valence-corrected chi connectivity index (χ0v) is 20.5. The van der Waals surface area contributed by atoms with Crippen LogP contribution < -0.4 is 5.32 Å². The number of nitrogens with one attached hydrogen (secondary N) is 1. The summed E-state index contributed by atoms with van der Waals surface area (Å²) >= 11 is 0. The molecule has 0 spiro atoms. The van der Waals surface area contributed by atoms with E-state index < -0.39 is 0 Å². The van der Waals surface area contributed by atoms with E-state index >= 15 is 0 Å². The highest BCUT2D eigenvalue weighted by Gasteiger charge is 2.56. The van der Waals surface area contributed by atoms with Crippen LogP contribution in [0.1, 0.15) is 74.7 Å². The highest BCUT2D eigenvalue weighted by molar-refractivity contribution is 5.93. The van der Waals surface area contributed by atoms with Crippen molar-refractivity contribution in [1.82, 2.24) is 20.5 Å². The van der Waals surface area contributed by atoms with E-state index in [9.17, 15) is 9.18 Å². The summed E-state index contributed by atoms with van der Waals surface area (Å²) in [6.07, 6.45) is 18.6. The van der Waals surface area contributed by atoms with Gasteiger partial charge in [-0.15, -0.1) is 0 Å². The molecule has 2 saturated carbocycles. The molecule has 2 fully saturated rings. The Bertz CT molecular complexity index is 1210. The van der Waals surface area contributed by atoms with Gasteiger partial charge in [-0.05, 0) is 96.8 Å². The van der Waals surface area contributed by atoms with Gasteiger partial charge in [0, 0.05) is 12.2 Å². The van der Waals surface area contributed by atoms with Gasteiger partial charge in [0.25, 0.3) is 5.91 Å². The summed E-state index contributed by atoms with van der Waals surface area (Å²) in [5.41, 5.74) is 4.63. The molecular formula is C29H33FN4O. The van der Waals surface area contributed by atoms with Gasteiger partial charge in [-0.3, -0.25) is 9.78 Å². The van der Waals surface area contributed by atoms with Crippen LogP contribution in [0.5, 0.6) is 0 Å². The first kappa shape index (κ1) is 22.6. The van der Waals surface area contributed by atoms with E-state index in [1.54, 1.807) is 18.3 Å². The molecule has 0 saturated heterocycles. The topological polar surface area (TPSA) is 67.8 Å². The zero-order valence-electron chi connectivity index (χ0n) is 20.5. The summed E-state index contributed by atoms with van der Waals surface area (Å²) in [5, 5.41) is 10.8. The largest absolute Gasteiger partial charge is 0.349 e. The maximum Gasteiger partial charge on any atom is 0.253 e. The molecule has 6 heteroatoms. The van der Waals surface area contributed by atoms with E-state index in [4.69, 9.17) is 0 Å². The van der Waals surface area contributed by atoms with Crippen LogP contribution in [0.4, 0.5) is 4.39 Å². The number of rotatable bonds is 3. The molecule has 1 amide bonds. The molecule has 6 atom stereocenters. The minimum Gasteiger partial charge on any atom is -0.349 e. The fraction of sp³-hybridized carbons (Fsp3) is 0.517. The van der Waals surface area contributed by atoms with Crippen LogP contribution in [0.2, 0.25) is 0 Å². The smallest absolute Gasteiger partial charge is 0.253 e. The quantitative estimate of drug-likeness (QED) is 0.576. The van der Waals surface area contributed by atoms with Crippen LogP contribution in [-0.4, -0.2) is 27.1 Å². The SMILES string of the molecule is C[C@]12CC[C@H](NC(=O)c3ccnnc3)CC1=CC[C@@H]1[C@@H]2CC[C@]2(C)C(c3cncc(F)c3)=CC[C@@H]12. The Labute approximate surface area is 206 Å². The molecule has 4 aliphatic rings. The van der Waals surface area contributed by atoms with Crippen molar-refractivity contribution in [3.8, 4) is 0 Å². The Morgan fingerprint density at radius 1 is 1.03 bits per heavy atom. The maximum absolute atomic E-state index is 14.0. The summed E-state index contributed by atoms with van der Waals surface area (Å²) in [4.78, 5) is 16.8. The molecule has 2 heterocycles. The predicted molar refractivity (Wildman–Crippen MR) is 133 cm³/mol. The molecule has 5 nitrogen and oxygen atoms in total. The molecule has 35 heavy (non-hydrogen) atoms. The third-order valence-corrected chi connectivity index (χ3v) is 9.88. The molecule has 6 rings (SSSR count). The van der Waals surface area contributed by atoms with Gasteiger partial charge in [0.15, 0.2) is 0 Å². The molecule has 0 radical (unpaired) electrons. The average Bonchev–Trinajstić information content (AvgIpc) is 3.22. The predicted octanol–water partition coefficient (Wildman–Crippen LogP) is 5.77. The number of carbonyl (C=O) groups excluding carboxylic acids is 1. The molecule has 4 aliphatic carbocycles. The summed E-state index contributed by atoms with van der Waals surface area (Å²) in [6, 6.07) is 3.53. The van der Waals surface area contributed by atoms with E-state index in [2.05, 4.69) is 46.5 Å². The van der Waals surface area contributed by atoms with Crippen molar-refractivity contribution >= 4 is 11.5 Å². The van der Waals surface area contributed by atoms with E-state index in [1.807, 2.05) is 6.20 Å². The molecule has 2 aromatic rings. The van der Waals surface area contributed by atoms with Gasteiger partial charge in [-0.2, -0.15) is 10.2 Å². The second kappa shape index (κ2) is 8.35. The van der Waals surface area contributed by atoms with E-state index in [0.29, 0.717) is 23.3 Å². The lowest BCUT2D eigenvalue weighted by Crippen LogP contribution is -2.51. The Balaban J connectivity index is 1.20. The summed E-state index contributed by atoms with van der Waals surface area (Å²) in [7, 11) is 0. The van der Waals surface area contributed by atoms with Crippen molar-refractivity contribution < 1.29 is 9.18 Å². The van der Waals surface area contributed by atoms with Crippen LogP contribution in [0.3, 0.4) is 0 Å². The molecule has 2 aromatic heterocycles. The van der Waals surface area contributed by atoms with E-state index in [1.165, 1.54) is 30.0 Å². The highest BCUT2D eigenvalue weighted by atomic mass is 19.1. The molecule has 182 valence electrons. The first-order valence-electron chi connectivity index (χ1n) is 13.0. The lowest BCUT2D eigenvalue weighted by atomic mass is 9.47. The van der Waals surface area contributed by atoms with Crippen LogP contribution in [0.15, 0.2) is 54.6 Å². The monoisotopic (exact) mass is 472 g/mol. The first-order valence-corrected chi connectivity index (χ1v) is 13.0. The lowest BCUT2D eigenvalue weighted by Gasteiger charge is -2.58. The van der Waals surface area contributed by atoms with Gasteiger partial charge in [0.1, 0.15) is 5.82 Å². The minimum atomic E-state index is -0.258. The van der Waals surface area contributed by atoms with Crippen LogP contribution in [0, 0.1) is 34.4 Å². The molecule has 0 unspecified atom stereocenters. The number of hydrogen-bond acceptors (Lipinski definition) is 4. The minimum absolute atomic E-state index is 0.0624. The number of amides is 1. The molecule has 0 bridgehead atoms. The number of nitrogens with zero attached hydrogens (tertiary/aromatic N) is 3. The number of aromatic nitrogens is 3. The third kappa shape index (κ3) is 3.64. The first-order chi connectivity index (χ1) is 16.9. The van der Waals surface area contributed by atoms with Crippen molar-refractivity contribution in [2.24, 2.45) is 28.6 Å². The second-order valence-corrected chi connectivity index (χ2v) is 11.5. The number of fused-ring (bicyclic) bond motifs is 5. The summed E-state index contributed by atoms with van der Waals surface area (Å²) in [6.45, 7) is 4.88. The maximum atomic E-state index is 14.0.